The minimum Gasteiger partial charge on any atom is -0.354 e. The molecule has 1 aromatic rings. The Hall–Kier alpha value is -1.36. The largest absolute Gasteiger partial charge is 0.354 e. The molecule has 0 saturated heterocycles. The Morgan fingerprint density at radius 1 is 1.23 bits per heavy atom. The van der Waals surface area contributed by atoms with Crippen molar-refractivity contribution in [1.82, 2.24) is 5.32 Å². The summed E-state index contributed by atoms with van der Waals surface area (Å²) in [7, 11) is -3.33. The quantitative estimate of drug-likeness (QED) is 0.837. The Bertz CT molecular complexity index is 619. The number of hydrogen-bond acceptors (Lipinski definition) is 3. The van der Waals surface area contributed by atoms with E-state index in [1.165, 1.54) is 0 Å². The highest BCUT2D eigenvalue weighted by molar-refractivity contribution is 7.92. The first-order chi connectivity index (χ1) is 10.0. The summed E-state index contributed by atoms with van der Waals surface area (Å²) >= 11 is 0. The molecule has 0 heterocycles. The SMILES string of the molecule is Cc1ccccc1C(C)(C)CNC(=O)CS(=O)(=O)CC(C)C. The smallest absolute Gasteiger partial charge is 0.235 e. The predicted molar refractivity (Wildman–Crippen MR) is 90.7 cm³/mol. The molecule has 1 amide bonds. The van der Waals surface area contributed by atoms with E-state index in [1.54, 1.807) is 0 Å². The van der Waals surface area contributed by atoms with Crippen LogP contribution in [0.2, 0.25) is 0 Å². The molecule has 0 bridgehead atoms. The van der Waals surface area contributed by atoms with Crippen LogP contribution in [-0.2, 0) is 20.0 Å². The molecule has 124 valence electrons. The Morgan fingerprint density at radius 2 is 1.82 bits per heavy atom. The third-order valence-corrected chi connectivity index (χ3v) is 5.42. The molecule has 0 aliphatic heterocycles. The molecule has 0 aromatic heterocycles. The summed E-state index contributed by atoms with van der Waals surface area (Å²) in [6.45, 7) is 10.2. The van der Waals surface area contributed by atoms with Gasteiger partial charge in [0.2, 0.25) is 5.91 Å². The van der Waals surface area contributed by atoms with E-state index in [2.05, 4.69) is 5.32 Å². The zero-order valence-corrected chi connectivity index (χ0v) is 15.0. The van der Waals surface area contributed by atoms with Crippen LogP contribution in [0.1, 0.15) is 38.8 Å². The molecule has 0 unspecified atom stereocenters. The van der Waals surface area contributed by atoms with E-state index in [1.807, 2.05) is 58.9 Å². The third kappa shape index (κ3) is 5.79. The number of rotatable bonds is 7. The van der Waals surface area contributed by atoms with Crippen LogP contribution in [0.3, 0.4) is 0 Å². The molecule has 0 atom stereocenters. The highest BCUT2D eigenvalue weighted by atomic mass is 32.2. The average molecular weight is 325 g/mol. The second kappa shape index (κ2) is 7.27. The molecule has 0 saturated carbocycles. The zero-order valence-electron chi connectivity index (χ0n) is 14.1. The lowest BCUT2D eigenvalue weighted by Crippen LogP contribution is -2.40. The highest BCUT2D eigenvalue weighted by Gasteiger charge is 2.24. The highest BCUT2D eigenvalue weighted by Crippen LogP contribution is 2.25. The van der Waals surface area contributed by atoms with Gasteiger partial charge in [-0.3, -0.25) is 4.79 Å². The summed E-state index contributed by atoms with van der Waals surface area (Å²) in [5, 5.41) is 2.76. The van der Waals surface area contributed by atoms with Gasteiger partial charge < -0.3 is 5.32 Å². The van der Waals surface area contributed by atoms with Crippen molar-refractivity contribution in [3.8, 4) is 0 Å². The third-order valence-electron chi connectivity index (χ3n) is 3.54. The van der Waals surface area contributed by atoms with Gasteiger partial charge in [-0.05, 0) is 24.0 Å². The van der Waals surface area contributed by atoms with E-state index < -0.39 is 21.5 Å². The summed E-state index contributed by atoms with van der Waals surface area (Å²) in [6, 6.07) is 8.02. The topological polar surface area (TPSA) is 63.2 Å². The molecule has 0 radical (unpaired) electrons. The minimum absolute atomic E-state index is 0.0289. The molecule has 22 heavy (non-hydrogen) atoms. The van der Waals surface area contributed by atoms with Crippen molar-refractivity contribution in [1.29, 1.82) is 0 Å². The molecule has 0 aliphatic rings. The van der Waals surface area contributed by atoms with Gasteiger partial charge in [0, 0.05) is 12.0 Å². The zero-order chi connectivity index (χ0) is 17.0. The van der Waals surface area contributed by atoms with Crippen molar-refractivity contribution in [3.63, 3.8) is 0 Å². The molecule has 0 aliphatic carbocycles. The van der Waals surface area contributed by atoms with Crippen molar-refractivity contribution in [3.05, 3.63) is 35.4 Å². The number of sulfone groups is 1. The van der Waals surface area contributed by atoms with Crippen molar-refractivity contribution < 1.29 is 13.2 Å². The fourth-order valence-electron chi connectivity index (χ4n) is 2.56. The lowest BCUT2D eigenvalue weighted by Gasteiger charge is -2.27. The van der Waals surface area contributed by atoms with E-state index in [9.17, 15) is 13.2 Å². The molecule has 1 rings (SSSR count). The number of nitrogens with one attached hydrogen (secondary N) is 1. The minimum atomic E-state index is -3.33. The maximum atomic E-state index is 11.9. The Kier molecular flexibility index (Phi) is 6.17. The van der Waals surface area contributed by atoms with E-state index in [0.29, 0.717) is 6.54 Å². The standard InChI is InChI=1S/C17H27NO3S/c1-13(2)10-22(20,21)11-16(19)18-12-17(4,5)15-9-7-6-8-14(15)3/h6-9,13H,10-12H2,1-5H3,(H,18,19). The van der Waals surface area contributed by atoms with E-state index in [-0.39, 0.29) is 17.1 Å². The number of hydrogen-bond donors (Lipinski definition) is 1. The van der Waals surface area contributed by atoms with Crippen molar-refractivity contribution in [2.75, 3.05) is 18.1 Å². The Balaban J connectivity index is 2.66. The first-order valence-corrected chi connectivity index (χ1v) is 9.39. The molecular formula is C17H27NO3S. The van der Waals surface area contributed by atoms with Gasteiger partial charge >= 0.3 is 0 Å². The molecular weight excluding hydrogens is 298 g/mol. The summed E-state index contributed by atoms with van der Waals surface area (Å²) in [5.74, 6) is -0.792. The normalized spacial score (nSPS) is 12.5. The summed E-state index contributed by atoms with van der Waals surface area (Å²) in [4.78, 5) is 11.9. The van der Waals surface area contributed by atoms with Gasteiger partial charge in [0.15, 0.2) is 9.84 Å². The number of aryl methyl sites for hydroxylation is 1. The lowest BCUT2D eigenvalue weighted by molar-refractivity contribution is -0.118. The summed E-state index contributed by atoms with van der Waals surface area (Å²) in [6.07, 6.45) is 0. The molecule has 0 spiro atoms. The van der Waals surface area contributed by atoms with Crippen molar-refractivity contribution >= 4 is 15.7 Å². The first-order valence-electron chi connectivity index (χ1n) is 7.57. The lowest BCUT2D eigenvalue weighted by atomic mass is 9.82. The second-order valence-corrected chi connectivity index (χ2v) is 9.03. The Morgan fingerprint density at radius 3 is 2.36 bits per heavy atom. The van der Waals surface area contributed by atoms with Crippen molar-refractivity contribution in [2.45, 2.75) is 40.0 Å². The van der Waals surface area contributed by atoms with E-state index in [4.69, 9.17) is 0 Å². The Labute approximate surface area is 134 Å². The molecule has 0 fully saturated rings. The van der Waals surface area contributed by atoms with Crippen molar-refractivity contribution in [2.24, 2.45) is 5.92 Å². The van der Waals surface area contributed by atoms with E-state index in [0.717, 1.165) is 11.1 Å². The van der Waals surface area contributed by atoms with Gasteiger partial charge in [0.25, 0.3) is 0 Å². The predicted octanol–water partition coefficient (Wildman–Crippen LogP) is 2.46. The number of carbonyl (C=O) groups is 1. The van der Waals surface area contributed by atoms with Gasteiger partial charge in [-0.1, -0.05) is 52.0 Å². The maximum Gasteiger partial charge on any atom is 0.235 e. The second-order valence-electron chi connectivity index (χ2n) is 6.92. The number of amides is 1. The van der Waals surface area contributed by atoms with Crippen LogP contribution >= 0.6 is 0 Å². The van der Waals surface area contributed by atoms with Crippen LogP contribution in [0.25, 0.3) is 0 Å². The maximum absolute atomic E-state index is 11.9. The molecule has 1 N–H and O–H groups in total. The summed E-state index contributed by atoms with van der Waals surface area (Å²) < 4.78 is 23.7. The van der Waals surface area contributed by atoms with Crippen LogP contribution in [0, 0.1) is 12.8 Å². The number of benzene rings is 1. The van der Waals surface area contributed by atoms with Gasteiger partial charge in [-0.15, -0.1) is 0 Å². The van der Waals surface area contributed by atoms with E-state index >= 15 is 0 Å². The van der Waals surface area contributed by atoms with Crippen LogP contribution in [0.5, 0.6) is 0 Å². The van der Waals surface area contributed by atoms with Gasteiger partial charge in [0.05, 0.1) is 5.75 Å². The van der Waals surface area contributed by atoms with Crippen LogP contribution in [0.15, 0.2) is 24.3 Å². The first kappa shape index (κ1) is 18.7. The fourth-order valence-corrected chi connectivity index (χ4v) is 4.20. The van der Waals surface area contributed by atoms with Crippen LogP contribution in [0.4, 0.5) is 0 Å². The average Bonchev–Trinajstić information content (AvgIpc) is 2.34. The number of carbonyl (C=O) groups excluding carboxylic acids is 1. The van der Waals surface area contributed by atoms with Gasteiger partial charge in [-0.2, -0.15) is 0 Å². The fraction of sp³-hybridized carbons (Fsp3) is 0.588. The van der Waals surface area contributed by atoms with Crippen LogP contribution < -0.4 is 5.32 Å². The van der Waals surface area contributed by atoms with Gasteiger partial charge in [0.1, 0.15) is 5.75 Å². The summed E-state index contributed by atoms with van der Waals surface area (Å²) in [5.41, 5.74) is 2.07. The molecule has 1 aromatic carbocycles. The monoisotopic (exact) mass is 325 g/mol. The molecule has 4 nitrogen and oxygen atoms in total. The van der Waals surface area contributed by atoms with Crippen LogP contribution in [-0.4, -0.2) is 32.4 Å². The van der Waals surface area contributed by atoms with Gasteiger partial charge in [-0.25, -0.2) is 8.42 Å². The molecule has 5 heteroatoms.